The first-order chi connectivity index (χ1) is 15.4. The van der Waals surface area contributed by atoms with Crippen LogP contribution in [0.3, 0.4) is 0 Å². The molecule has 1 heterocycles. The molecule has 3 aromatic rings. The van der Waals surface area contributed by atoms with Crippen molar-refractivity contribution in [2.24, 2.45) is 0 Å². The minimum Gasteiger partial charge on any atom is -0.497 e. The molecule has 0 saturated heterocycles. The zero-order valence-corrected chi connectivity index (χ0v) is 18.5. The van der Waals surface area contributed by atoms with Gasteiger partial charge in [0.1, 0.15) is 11.5 Å². The number of benzene rings is 2. The summed E-state index contributed by atoms with van der Waals surface area (Å²) in [4.78, 5) is 40.4. The summed E-state index contributed by atoms with van der Waals surface area (Å²) in [5.41, 5.74) is 2.01. The van der Waals surface area contributed by atoms with Crippen molar-refractivity contribution in [2.45, 2.75) is 13.3 Å². The second-order valence-corrected chi connectivity index (χ2v) is 7.54. The SMILES string of the molecule is COc1cc(OC)cc(C(=O)Nc2nc(CC(=O)Nc3cccc(NC(C)=O)c3)cs2)c1. The second kappa shape index (κ2) is 10.4. The molecule has 0 saturated carbocycles. The molecule has 9 nitrogen and oxygen atoms in total. The van der Waals surface area contributed by atoms with Crippen LogP contribution in [0.4, 0.5) is 16.5 Å². The molecule has 0 bridgehead atoms. The number of anilines is 3. The highest BCUT2D eigenvalue weighted by Crippen LogP contribution is 2.24. The third kappa shape index (κ3) is 6.29. The highest BCUT2D eigenvalue weighted by molar-refractivity contribution is 7.14. The minimum absolute atomic E-state index is 0.0315. The number of rotatable bonds is 8. The Labute approximate surface area is 188 Å². The number of carbonyl (C=O) groups excluding carboxylic acids is 3. The third-order valence-electron chi connectivity index (χ3n) is 4.19. The average molecular weight is 455 g/mol. The fourth-order valence-corrected chi connectivity index (χ4v) is 3.51. The van der Waals surface area contributed by atoms with Crippen molar-refractivity contribution in [1.29, 1.82) is 0 Å². The summed E-state index contributed by atoms with van der Waals surface area (Å²) in [6.45, 7) is 1.41. The van der Waals surface area contributed by atoms with Crippen LogP contribution in [0.15, 0.2) is 47.8 Å². The summed E-state index contributed by atoms with van der Waals surface area (Å²) in [5, 5.41) is 10.2. The van der Waals surface area contributed by atoms with Crippen molar-refractivity contribution < 1.29 is 23.9 Å². The largest absolute Gasteiger partial charge is 0.497 e. The van der Waals surface area contributed by atoms with Gasteiger partial charge in [0.15, 0.2) is 5.13 Å². The minimum atomic E-state index is -0.373. The smallest absolute Gasteiger partial charge is 0.257 e. The topological polar surface area (TPSA) is 119 Å². The Hall–Kier alpha value is -3.92. The van der Waals surface area contributed by atoms with E-state index in [1.165, 1.54) is 32.5 Å². The number of methoxy groups -OCH3 is 2. The van der Waals surface area contributed by atoms with Gasteiger partial charge in [-0.05, 0) is 30.3 Å². The van der Waals surface area contributed by atoms with Gasteiger partial charge in [0.05, 0.1) is 26.3 Å². The van der Waals surface area contributed by atoms with Gasteiger partial charge in [-0.3, -0.25) is 19.7 Å². The fourth-order valence-electron chi connectivity index (χ4n) is 2.80. The lowest BCUT2D eigenvalue weighted by molar-refractivity contribution is -0.116. The number of ether oxygens (including phenoxy) is 2. The van der Waals surface area contributed by atoms with Crippen molar-refractivity contribution in [3.05, 3.63) is 59.1 Å². The van der Waals surface area contributed by atoms with E-state index >= 15 is 0 Å². The Morgan fingerprint density at radius 3 is 2.22 bits per heavy atom. The maximum atomic E-state index is 12.6. The molecule has 0 unspecified atom stereocenters. The number of amides is 3. The molecule has 1 aromatic heterocycles. The van der Waals surface area contributed by atoms with Crippen molar-refractivity contribution in [3.8, 4) is 11.5 Å². The predicted octanol–water partition coefficient (Wildman–Crippen LogP) is 3.55. The maximum absolute atomic E-state index is 12.6. The summed E-state index contributed by atoms with van der Waals surface area (Å²) in [5.74, 6) is 0.146. The van der Waals surface area contributed by atoms with E-state index in [4.69, 9.17) is 9.47 Å². The molecule has 0 spiro atoms. The third-order valence-corrected chi connectivity index (χ3v) is 5.00. The van der Waals surface area contributed by atoms with Gasteiger partial charge in [0.25, 0.3) is 5.91 Å². The molecule has 0 atom stereocenters. The van der Waals surface area contributed by atoms with Crippen molar-refractivity contribution in [3.63, 3.8) is 0 Å². The molecule has 3 N–H and O–H groups in total. The van der Waals surface area contributed by atoms with Crippen LogP contribution >= 0.6 is 11.3 Å². The first-order valence-electron chi connectivity index (χ1n) is 9.52. The lowest BCUT2D eigenvalue weighted by Gasteiger charge is -2.08. The molecule has 0 aliphatic carbocycles. The van der Waals surface area contributed by atoms with Crippen LogP contribution in [0, 0.1) is 0 Å². The first-order valence-corrected chi connectivity index (χ1v) is 10.4. The molecule has 0 aliphatic heterocycles. The van der Waals surface area contributed by atoms with Gasteiger partial charge < -0.3 is 20.1 Å². The number of hydrogen-bond acceptors (Lipinski definition) is 7. The Bertz CT molecular complexity index is 1120. The van der Waals surface area contributed by atoms with E-state index in [2.05, 4.69) is 20.9 Å². The van der Waals surface area contributed by atoms with Gasteiger partial charge >= 0.3 is 0 Å². The van der Waals surface area contributed by atoms with Crippen LogP contribution in [-0.4, -0.2) is 36.9 Å². The van der Waals surface area contributed by atoms with Crippen LogP contribution in [0.25, 0.3) is 0 Å². The molecular weight excluding hydrogens is 432 g/mol. The predicted molar refractivity (Wildman–Crippen MR) is 123 cm³/mol. The lowest BCUT2D eigenvalue weighted by Crippen LogP contribution is -2.15. The van der Waals surface area contributed by atoms with E-state index < -0.39 is 0 Å². The first kappa shape index (κ1) is 22.8. The van der Waals surface area contributed by atoms with E-state index in [1.54, 1.807) is 47.8 Å². The van der Waals surface area contributed by atoms with E-state index in [-0.39, 0.29) is 24.1 Å². The molecule has 2 aromatic carbocycles. The van der Waals surface area contributed by atoms with Gasteiger partial charge in [-0.1, -0.05) is 6.07 Å². The number of nitrogens with zero attached hydrogens (tertiary/aromatic N) is 1. The molecule has 0 aliphatic rings. The molecule has 0 radical (unpaired) electrons. The summed E-state index contributed by atoms with van der Waals surface area (Å²) < 4.78 is 10.4. The Balaban J connectivity index is 1.60. The Kier molecular flexibility index (Phi) is 7.40. The molecule has 3 amide bonds. The average Bonchev–Trinajstić information content (AvgIpc) is 3.19. The standard InChI is InChI=1S/C22H22N4O5S/c1-13(27)23-15-5-4-6-16(9-15)24-20(28)10-17-12-32-22(25-17)26-21(29)14-7-18(30-2)11-19(8-14)31-3/h4-9,11-12H,10H2,1-3H3,(H,23,27)(H,24,28)(H,25,26,29). The Morgan fingerprint density at radius 1 is 0.938 bits per heavy atom. The van der Waals surface area contributed by atoms with E-state index in [0.29, 0.717) is 39.3 Å². The number of hydrogen-bond donors (Lipinski definition) is 3. The lowest BCUT2D eigenvalue weighted by atomic mass is 10.2. The molecule has 3 rings (SSSR count). The van der Waals surface area contributed by atoms with Crippen LogP contribution in [0.2, 0.25) is 0 Å². The molecule has 0 fully saturated rings. The van der Waals surface area contributed by atoms with Gasteiger partial charge in [0, 0.05) is 35.3 Å². The zero-order valence-electron chi connectivity index (χ0n) is 17.7. The van der Waals surface area contributed by atoms with Crippen LogP contribution < -0.4 is 25.4 Å². The molecule has 10 heteroatoms. The van der Waals surface area contributed by atoms with Gasteiger partial charge in [-0.15, -0.1) is 11.3 Å². The van der Waals surface area contributed by atoms with E-state index in [0.717, 1.165) is 0 Å². The van der Waals surface area contributed by atoms with Crippen molar-refractivity contribution in [1.82, 2.24) is 4.98 Å². The summed E-state index contributed by atoms with van der Waals surface area (Å²) >= 11 is 1.22. The Morgan fingerprint density at radius 2 is 1.59 bits per heavy atom. The van der Waals surface area contributed by atoms with Crippen LogP contribution in [-0.2, 0) is 16.0 Å². The normalized spacial score (nSPS) is 10.2. The molecule has 32 heavy (non-hydrogen) atoms. The van der Waals surface area contributed by atoms with Gasteiger partial charge in [-0.2, -0.15) is 0 Å². The number of thiazole rings is 1. The number of carbonyl (C=O) groups is 3. The van der Waals surface area contributed by atoms with E-state index in [9.17, 15) is 14.4 Å². The van der Waals surface area contributed by atoms with Crippen LogP contribution in [0.5, 0.6) is 11.5 Å². The number of nitrogens with one attached hydrogen (secondary N) is 3. The zero-order chi connectivity index (χ0) is 23.1. The summed E-state index contributed by atoms with van der Waals surface area (Å²) in [7, 11) is 3.01. The van der Waals surface area contributed by atoms with Crippen molar-refractivity contribution >= 4 is 45.6 Å². The van der Waals surface area contributed by atoms with Crippen molar-refractivity contribution in [2.75, 3.05) is 30.2 Å². The van der Waals surface area contributed by atoms with Gasteiger partial charge in [-0.25, -0.2) is 4.98 Å². The summed E-state index contributed by atoms with van der Waals surface area (Å²) in [6, 6.07) is 11.7. The highest BCUT2D eigenvalue weighted by Gasteiger charge is 2.14. The fraction of sp³-hybridized carbons (Fsp3) is 0.182. The quantitative estimate of drug-likeness (QED) is 0.479. The van der Waals surface area contributed by atoms with Gasteiger partial charge in [0.2, 0.25) is 11.8 Å². The summed E-state index contributed by atoms with van der Waals surface area (Å²) in [6.07, 6.45) is 0.0315. The molecular formula is C22H22N4O5S. The van der Waals surface area contributed by atoms with E-state index in [1.807, 2.05) is 0 Å². The monoisotopic (exact) mass is 454 g/mol. The number of aromatic nitrogens is 1. The van der Waals surface area contributed by atoms with Crippen LogP contribution in [0.1, 0.15) is 23.0 Å². The molecule has 166 valence electrons. The second-order valence-electron chi connectivity index (χ2n) is 6.69. The highest BCUT2D eigenvalue weighted by atomic mass is 32.1. The maximum Gasteiger partial charge on any atom is 0.257 e.